The molecule has 9 heteroatoms. The number of aromatic nitrogens is 3. The number of aryl methyl sites for hydroxylation is 1. The maximum Gasteiger partial charge on any atom is 0.317 e. The number of hydrogen-bond acceptors (Lipinski definition) is 4. The van der Waals surface area contributed by atoms with Crippen LogP contribution >= 0.6 is 0 Å². The Labute approximate surface area is 143 Å². The molecule has 2 amide bonds. The number of hydrogen-bond donors (Lipinski definition) is 1. The number of nitrogens with zero attached hydrogens (tertiary/aromatic N) is 4. The number of amides is 2. The number of urea groups is 1. The zero-order chi connectivity index (χ0) is 17.8. The third kappa shape index (κ3) is 4.11. The Morgan fingerprint density at radius 1 is 1.40 bits per heavy atom. The average molecular weight is 351 g/mol. The van der Waals surface area contributed by atoms with Gasteiger partial charge in [-0.25, -0.2) is 18.6 Å². The second-order valence-electron chi connectivity index (χ2n) is 5.76. The van der Waals surface area contributed by atoms with Gasteiger partial charge in [0, 0.05) is 26.6 Å². The van der Waals surface area contributed by atoms with E-state index in [1.165, 1.54) is 12.4 Å². The van der Waals surface area contributed by atoms with Gasteiger partial charge in [-0.1, -0.05) is 6.07 Å². The summed E-state index contributed by atoms with van der Waals surface area (Å²) in [6.45, 7) is 1.48. The second kappa shape index (κ2) is 7.56. The minimum Gasteiger partial charge on any atom is -0.370 e. The fourth-order valence-corrected chi connectivity index (χ4v) is 2.69. The molecule has 2 heterocycles. The van der Waals surface area contributed by atoms with Crippen LogP contribution in [0.2, 0.25) is 0 Å². The first-order chi connectivity index (χ1) is 12.0. The number of carbonyl (C=O) groups is 1. The van der Waals surface area contributed by atoms with Crippen LogP contribution in [-0.2, 0) is 18.2 Å². The first-order valence-corrected chi connectivity index (χ1v) is 7.97. The summed E-state index contributed by atoms with van der Waals surface area (Å²) >= 11 is 0. The van der Waals surface area contributed by atoms with Gasteiger partial charge in [0.1, 0.15) is 18.3 Å². The molecule has 1 aliphatic rings. The van der Waals surface area contributed by atoms with Gasteiger partial charge < -0.3 is 15.0 Å². The number of benzene rings is 1. The highest BCUT2D eigenvalue weighted by Crippen LogP contribution is 2.23. The van der Waals surface area contributed by atoms with Crippen molar-refractivity contribution in [1.29, 1.82) is 0 Å². The molecule has 1 aromatic heterocycles. The zero-order valence-corrected chi connectivity index (χ0v) is 13.8. The predicted octanol–water partition coefficient (Wildman–Crippen LogP) is 1.42. The molecule has 1 aromatic carbocycles. The number of morpholine rings is 1. The number of ether oxygens (including phenoxy) is 1. The van der Waals surface area contributed by atoms with Gasteiger partial charge in [0.05, 0.1) is 13.2 Å². The monoisotopic (exact) mass is 351 g/mol. The third-order valence-electron chi connectivity index (χ3n) is 4.10. The van der Waals surface area contributed by atoms with Gasteiger partial charge in [-0.05, 0) is 17.7 Å². The maximum atomic E-state index is 13.4. The number of rotatable bonds is 4. The molecule has 0 radical (unpaired) electrons. The fourth-order valence-electron chi connectivity index (χ4n) is 2.69. The summed E-state index contributed by atoms with van der Waals surface area (Å²) in [7, 11) is 1.79. The van der Waals surface area contributed by atoms with E-state index in [1.807, 2.05) is 0 Å². The van der Waals surface area contributed by atoms with Gasteiger partial charge in [0.2, 0.25) is 0 Å². The lowest BCUT2D eigenvalue weighted by molar-refractivity contribution is -0.0155. The van der Waals surface area contributed by atoms with Crippen LogP contribution in [0.1, 0.15) is 17.5 Å². The first kappa shape index (κ1) is 17.3. The van der Waals surface area contributed by atoms with Crippen molar-refractivity contribution in [2.45, 2.75) is 12.5 Å². The highest BCUT2D eigenvalue weighted by Gasteiger charge is 2.26. The molecule has 2 aromatic rings. The molecule has 134 valence electrons. The Balaban J connectivity index is 1.54. The van der Waals surface area contributed by atoms with Gasteiger partial charge in [0.25, 0.3) is 0 Å². The summed E-state index contributed by atoms with van der Waals surface area (Å²) < 4.78 is 33.7. The standard InChI is InChI=1S/C16H19F2N5O2/c1-22-15(20-10-21-22)4-5-19-16(24)23-6-7-25-14(9-23)11-2-3-12(17)13(18)8-11/h2-3,8,10,14H,4-7,9H2,1H3,(H,19,24). The molecule has 1 atom stereocenters. The normalized spacial score (nSPS) is 17.6. The van der Waals surface area contributed by atoms with Gasteiger partial charge in [-0.2, -0.15) is 5.10 Å². The van der Waals surface area contributed by atoms with Crippen LogP contribution in [0.15, 0.2) is 24.5 Å². The quantitative estimate of drug-likeness (QED) is 0.904. The highest BCUT2D eigenvalue weighted by atomic mass is 19.2. The van der Waals surface area contributed by atoms with Crippen molar-refractivity contribution >= 4 is 6.03 Å². The molecule has 1 unspecified atom stereocenters. The lowest BCUT2D eigenvalue weighted by Gasteiger charge is -2.33. The van der Waals surface area contributed by atoms with Crippen LogP contribution in [-0.4, -0.2) is 51.9 Å². The van der Waals surface area contributed by atoms with Gasteiger partial charge in [0.15, 0.2) is 11.6 Å². The Morgan fingerprint density at radius 3 is 2.96 bits per heavy atom. The van der Waals surface area contributed by atoms with Gasteiger partial charge in [-0.15, -0.1) is 0 Å². The van der Waals surface area contributed by atoms with E-state index < -0.39 is 17.7 Å². The van der Waals surface area contributed by atoms with E-state index >= 15 is 0 Å². The lowest BCUT2D eigenvalue weighted by Crippen LogP contribution is -2.47. The van der Waals surface area contributed by atoms with Crippen molar-refractivity contribution in [3.8, 4) is 0 Å². The molecule has 1 fully saturated rings. The van der Waals surface area contributed by atoms with Crippen LogP contribution in [0, 0.1) is 11.6 Å². The molecule has 7 nitrogen and oxygen atoms in total. The molecule has 0 aliphatic carbocycles. The van der Waals surface area contributed by atoms with E-state index in [1.54, 1.807) is 16.6 Å². The van der Waals surface area contributed by atoms with E-state index in [0.717, 1.165) is 18.0 Å². The van der Waals surface area contributed by atoms with Crippen molar-refractivity contribution in [1.82, 2.24) is 25.0 Å². The minimum atomic E-state index is -0.925. The summed E-state index contributed by atoms with van der Waals surface area (Å²) in [6.07, 6.45) is 1.55. The molecule has 0 saturated carbocycles. The SMILES string of the molecule is Cn1ncnc1CCNC(=O)N1CCOC(c2ccc(F)c(F)c2)C1. The molecule has 1 aliphatic heterocycles. The number of carbonyl (C=O) groups excluding carboxylic acids is 1. The van der Waals surface area contributed by atoms with Crippen LogP contribution in [0.4, 0.5) is 13.6 Å². The summed E-state index contributed by atoms with van der Waals surface area (Å²) in [4.78, 5) is 18.0. The van der Waals surface area contributed by atoms with E-state index in [2.05, 4.69) is 15.4 Å². The molecule has 1 saturated heterocycles. The van der Waals surface area contributed by atoms with Crippen molar-refractivity contribution in [2.24, 2.45) is 7.05 Å². The van der Waals surface area contributed by atoms with Gasteiger partial charge in [-0.3, -0.25) is 4.68 Å². The molecule has 0 bridgehead atoms. The van der Waals surface area contributed by atoms with E-state index in [4.69, 9.17) is 4.74 Å². The lowest BCUT2D eigenvalue weighted by atomic mass is 10.1. The largest absolute Gasteiger partial charge is 0.370 e. The second-order valence-corrected chi connectivity index (χ2v) is 5.76. The van der Waals surface area contributed by atoms with Crippen molar-refractivity contribution in [2.75, 3.05) is 26.2 Å². The zero-order valence-electron chi connectivity index (χ0n) is 13.8. The van der Waals surface area contributed by atoms with Crippen molar-refractivity contribution in [3.05, 3.63) is 47.5 Å². The minimum absolute atomic E-state index is 0.224. The molecule has 25 heavy (non-hydrogen) atoms. The molecule has 1 N–H and O–H groups in total. The number of nitrogens with one attached hydrogen (secondary N) is 1. The predicted molar refractivity (Wildman–Crippen MR) is 84.7 cm³/mol. The Hall–Kier alpha value is -2.55. The van der Waals surface area contributed by atoms with E-state index in [9.17, 15) is 13.6 Å². The molecule has 3 rings (SSSR count). The smallest absolute Gasteiger partial charge is 0.317 e. The van der Waals surface area contributed by atoms with Crippen LogP contribution in [0.5, 0.6) is 0 Å². The number of halogens is 2. The summed E-state index contributed by atoms with van der Waals surface area (Å²) in [6, 6.07) is 3.42. The Morgan fingerprint density at radius 2 is 2.24 bits per heavy atom. The van der Waals surface area contributed by atoms with E-state index in [0.29, 0.717) is 31.7 Å². The van der Waals surface area contributed by atoms with Crippen LogP contribution in [0.25, 0.3) is 0 Å². The van der Waals surface area contributed by atoms with Crippen LogP contribution < -0.4 is 5.32 Å². The fraction of sp³-hybridized carbons (Fsp3) is 0.438. The maximum absolute atomic E-state index is 13.4. The molecular formula is C16H19F2N5O2. The molecule has 0 spiro atoms. The van der Waals surface area contributed by atoms with E-state index in [-0.39, 0.29) is 12.6 Å². The third-order valence-corrected chi connectivity index (χ3v) is 4.10. The first-order valence-electron chi connectivity index (χ1n) is 7.97. The van der Waals surface area contributed by atoms with Crippen molar-refractivity contribution in [3.63, 3.8) is 0 Å². The van der Waals surface area contributed by atoms with Gasteiger partial charge >= 0.3 is 6.03 Å². The summed E-state index contributed by atoms with van der Waals surface area (Å²) in [5, 5.41) is 6.80. The Bertz CT molecular complexity index is 752. The Kier molecular flexibility index (Phi) is 5.22. The summed E-state index contributed by atoms with van der Waals surface area (Å²) in [5.41, 5.74) is 0.510. The van der Waals surface area contributed by atoms with Crippen molar-refractivity contribution < 1.29 is 18.3 Å². The highest BCUT2D eigenvalue weighted by molar-refractivity contribution is 5.74. The van der Waals surface area contributed by atoms with Crippen LogP contribution in [0.3, 0.4) is 0 Å². The average Bonchev–Trinajstić information content (AvgIpc) is 3.02. The summed E-state index contributed by atoms with van der Waals surface area (Å²) in [5.74, 6) is -1.05. The topological polar surface area (TPSA) is 72.3 Å². The molecular weight excluding hydrogens is 332 g/mol.